The van der Waals surface area contributed by atoms with Gasteiger partial charge in [-0.25, -0.2) is 0 Å². The van der Waals surface area contributed by atoms with Gasteiger partial charge in [0.15, 0.2) is 5.17 Å². The second-order valence-corrected chi connectivity index (χ2v) is 6.36. The van der Waals surface area contributed by atoms with Crippen molar-refractivity contribution in [2.45, 2.75) is 18.6 Å². The van der Waals surface area contributed by atoms with Gasteiger partial charge in [-0.2, -0.15) is 5.10 Å². The minimum Gasteiger partial charge on any atom is -0.466 e. The molecule has 3 rings (SSSR count). The maximum absolute atomic E-state index is 11.8. The Hall–Kier alpha value is -2.61. The van der Waals surface area contributed by atoms with Gasteiger partial charge in [0.2, 0.25) is 5.91 Å². The number of thioether (sulfide) groups is 1. The number of hydrogen-bond acceptors (Lipinski definition) is 6. The Balaban J connectivity index is 1.61. The number of hydrogen-bond donors (Lipinski definition) is 2. The van der Waals surface area contributed by atoms with Crippen molar-refractivity contribution in [3.05, 3.63) is 36.0 Å². The summed E-state index contributed by atoms with van der Waals surface area (Å²) in [7, 11) is 0. The van der Waals surface area contributed by atoms with Crippen LogP contribution in [0, 0.1) is 0 Å². The number of amides is 1. The first-order valence-electron chi connectivity index (χ1n) is 7.41. The summed E-state index contributed by atoms with van der Waals surface area (Å²) in [5, 5.41) is 12.0. The lowest BCUT2D eigenvalue weighted by molar-refractivity contribution is -0.141. The van der Waals surface area contributed by atoms with Gasteiger partial charge >= 0.3 is 5.97 Å². The molecule has 1 fully saturated rings. The largest absolute Gasteiger partial charge is 0.466 e. The van der Waals surface area contributed by atoms with Crippen LogP contribution in [0.2, 0.25) is 0 Å². The Labute approximate surface area is 142 Å². The molecule has 0 saturated carbocycles. The van der Waals surface area contributed by atoms with E-state index in [2.05, 4.69) is 20.5 Å². The van der Waals surface area contributed by atoms with Gasteiger partial charge in [-0.15, -0.1) is 5.10 Å². The van der Waals surface area contributed by atoms with Crippen molar-refractivity contribution in [2.24, 2.45) is 10.2 Å². The van der Waals surface area contributed by atoms with E-state index in [0.717, 1.165) is 16.5 Å². The van der Waals surface area contributed by atoms with Crippen LogP contribution in [0.15, 0.2) is 40.7 Å². The van der Waals surface area contributed by atoms with Crippen LogP contribution in [0.5, 0.6) is 0 Å². The Bertz CT molecular complexity index is 828. The van der Waals surface area contributed by atoms with Crippen molar-refractivity contribution in [3.63, 3.8) is 0 Å². The van der Waals surface area contributed by atoms with Crippen LogP contribution in [0.25, 0.3) is 10.9 Å². The van der Waals surface area contributed by atoms with E-state index in [9.17, 15) is 9.59 Å². The van der Waals surface area contributed by atoms with Gasteiger partial charge < -0.3 is 15.0 Å². The highest BCUT2D eigenvalue weighted by Crippen LogP contribution is 2.22. The average Bonchev–Trinajstić information content (AvgIpc) is 3.12. The number of nitrogens with zero attached hydrogens (tertiary/aromatic N) is 2. The van der Waals surface area contributed by atoms with Crippen molar-refractivity contribution in [1.82, 2.24) is 10.3 Å². The lowest BCUT2D eigenvalue weighted by atomic mass is 10.2. The second kappa shape index (κ2) is 7.31. The molecule has 0 unspecified atom stereocenters. The first-order valence-corrected chi connectivity index (χ1v) is 8.29. The topological polar surface area (TPSA) is 95.9 Å². The first-order chi connectivity index (χ1) is 11.6. The van der Waals surface area contributed by atoms with Crippen LogP contribution in [0.3, 0.4) is 0 Å². The van der Waals surface area contributed by atoms with E-state index in [0.29, 0.717) is 11.6 Å². The zero-order valence-corrected chi connectivity index (χ0v) is 13.8. The summed E-state index contributed by atoms with van der Waals surface area (Å²) >= 11 is 1.29. The summed E-state index contributed by atoms with van der Waals surface area (Å²) in [6, 6.07) is 7.90. The fourth-order valence-corrected chi connectivity index (χ4v) is 3.20. The highest BCUT2D eigenvalue weighted by molar-refractivity contribution is 8.15. The SMILES string of the molecule is CC(=O)OCC[C@H]1S/C(=N/N=C\c2c[nH]c3ccccc23)NC1=O. The molecule has 1 aromatic heterocycles. The molecule has 7 nitrogen and oxygen atoms in total. The zero-order valence-electron chi connectivity index (χ0n) is 13.0. The third kappa shape index (κ3) is 3.83. The molecule has 1 amide bonds. The second-order valence-electron chi connectivity index (χ2n) is 5.16. The van der Waals surface area contributed by atoms with Gasteiger partial charge in [0.1, 0.15) is 0 Å². The molecule has 2 aromatic rings. The fraction of sp³-hybridized carbons (Fsp3) is 0.250. The van der Waals surface area contributed by atoms with E-state index < -0.39 is 0 Å². The quantitative estimate of drug-likeness (QED) is 0.493. The number of ether oxygens (including phenoxy) is 1. The molecule has 1 saturated heterocycles. The van der Waals surface area contributed by atoms with Crippen LogP contribution in [-0.2, 0) is 14.3 Å². The Kier molecular flexibility index (Phi) is 4.95. The van der Waals surface area contributed by atoms with Crippen molar-refractivity contribution >= 4 is 45.9 Å². The number of aromatic nitrogens is 1. The van der Waals surface area contributed by atoms with E-state index >= 15 is 0 Å². The monoisotopic (exact) mass is 344 g/mol. The predicted octanol–water partition coefficient (Wildman–Crippen LogP) is 2.04. The molecule has 8 heteroatoms. The number of rotatable bonds is 5. The number of fused-ring (bicyclic) bond motifs is 1. The molecule has 24 heavy (non-hydrogen) atoms. The first kappa shape index (κ1) is 16.3. The third-order valence-corrected chi connectivity index (χ3v) is 4.57. The normalized spacial score (nSPS) is 19.3. The number of carbonyl (C=O) groups is 2. The van der Waals surface area contributed by atoms with Crippen molar-refractivity contribution in [1.29, 1.82) is 0 Å². The van der Waals surface area contributed by atoms with Crippen molar-refractivity contribution < 1.29 is 14.3 Å². The highest BCUT2D eigenvalue weighted by atomic mass is 32.2. The maximum atomic E-state index is 11.8. The number of nitrogens with one attached hydrogen (secondary N) is 2. The maximum Gasteiger partial charge on any atom is 0.302 e. The fourth-order valence-electron chi connectivity index (χ4n) is 2.30. The van der Waals surface area contributed by atoms with E-state index in [1.54, 1.807) is 6.21 Å². The van der Waals surface area contributed by atoms with Gasteiger partial charge in [-0.1, -0.05) is 30.0 Å². The minimum atomic E-state index is -0.351. The molecule has 0 aliphatic carbocycles. The number of amidine groups is 1. The summed E-state index contributed by atoms with van der Waals surface area (Å²) < 4.78 is 4.85. The Morgan fingerprint density at radius 2 is 2.25 bits per heavy atom. The van der Waals surface area contributed by atoms with Crippen LogP contribution >= 0.6 is 11.8 Å². The summed E-state index contributed by atoms with van der Waals surface area (Å²) in [6.45, 7) is 1.56. The summed E-state index contributed by atoms with van der Waals surface area (Å²) in [5.74, 6) is -0.496. The molecule has 0 bridgehead atoms. The number of benzene rings is 1. The van der Waals surface area contributed by atoms with Gasteiger partial charge in [0.05, 0.1) is 18.1 Å². The lowest BCUT2D eigenvalue weighted by Gasteiger charge is -2.04. The van der Waals surface area contributed by atoms with Crippen molar-refractivity contribution in [2.75, 3.05) is 6.61 Å². The molecular formula is C16H16N4O3S. The molecule has 1 atom stereocenters. The van der Waals surface area contributed by atoms with E-state index in [1.165, 1.54) is 18.7 Å². The molecule has 2 heterocycles. The Morgan fingerprint density at radius 1 is 1.42 bits per heavy atom. The molecule has 2 N–H and O–H groups in total. The number of para-hydroxylation sites is 1. The lowest BCUT2D eigenvalue weighted by Crippen LogP contribution is -2.25. The van der Waals surface area contributed by atoms with Crippen molar-refractivity contribution in [3.8, 4) is 0 Å². The van der Waals surface area contributed by atoms with Gasteiger partial charge in [0, 0.05) is 36.0 Å². The molecular weight excluding hydrogens is 328 g/mol. The summed E-state index contributed by atoms with van der Waals surface area (Å²) in [4.78, 5) is 25.7. The number of carbonyl (C=O) groups excluding carboxylic acids is 2. The molecule has 124 valence electrons. The number of H-pyrrole nitrogens is 1. The molecule has 1 aliphatic heterocycles. The molecule has 0 radical (unpaired) electrons. The number of aromatic amines is 1. The van der Waals surface area contributed by atoms with Gasteiger partial charge in [0.25, 0.3) is 0 Å². The third-order valence-electron chi connectivity index (χ3n) is 3.43. The minimum absolute atomic E-state index is 0.145. The standard InChI is InChI=1S/C16H16N4O3S/c1-10(21)23-7-6-14-15(22)19-16(24-14)20-18-9-11-8-17-13-5-3-2-4-12(11)13/h2-5,8-9,14,17H,6-7H2,1H3,(H,19,20,22)/b18-9-/t14-/m1/s1. The van der Waals surface area contributed by atoms with Crippen LogP contribution in [0.4, 0.5) is 0 Å². The van der Waals surface area contributed by atoms with E-state index in [4.69, 9.17) is 4.74 Å². The van der Waals surface area contributed by atoms with Gasteiger partial charge in [-0.05, 0) is 6.07 Å². The molecule has 0 spiro atoms. The van der Waals surface area contributed by atoms with Crippen LogP contribution in [-0.4, -0.2) is 40.1 Å². The number of esters is 1. The Morgan fingerprint density at radius 3 is 3.08 bits per heavy atom. The van der Waals surface area contributed by atoms with Gasteiger partial charge in [-0.3, -0.25) is 9.59 Å². The highest BCUT2D eigenvalue weighted by Gasteiger charge is 2.30. The zero-order chi connectivity index (χ0) is 16.9. The van der Waals surface area contributed by atoms with E-state index in [1.807, 2.05) is 30.5 Å². The summed E-state index contributed by atoms with van der Waals surface area (Å²) in [6.07, 6.45) is 3.95. The molecule has 1 aromatic carbocycles. The summed E-state index contributed by atoms with van der Waals surface area (Å²) in [5.41, 5.74) is 1.95. The molecule has 1 aliphatic rings. The average molecular weight is 344 g/mol. The predicted molar refractivity (Wildman–Crippen MR) is 94.1 cm³/mol. The van der Waals surface area contributed by atoms with Crippen LogP contribution in [0.1, 0.15) is 18.9 Å². The van der Waals surface area contributed by atoms with Crippen LogP contribution < -0.4 is 5.32 Å². The van der Waals surface area contributed by atoms with E-state index in [-0.39, 0.29) is 23.7 Å². The smallest absolute Gasteiger partial charge is 0.302 e.